The lowest BCUT2D eigenvalue weighted by Crippen LogP contribution is -2.20. The zero-order chi connectivity index (χ0) is 14.0. The van der Waals surface area contributed by atoms with Gasteiger partial charge in [0.1, 0.15) is 11.5 Å². The third kappa shape index (κ3) is 3.29. The monoisotopic (exact) mass is 298 g/mol. The largest absolute Gasteiger partial charge is 0.459 e. The fourth-order valence-electron chi connectivity index (χ4n) is 1.70. The SMILES string of the molecule is NC(=O)C[C@H](N)c1ccc(-c2ccc(Cl)cc2Cl)o1. The Morgan fingerprint density at radius 1 is 1.26 bits per heavy atom. The molecule has 0 saturated carbocycles. The molecule has 0 unspecified atom stereocenters. The molecule has 0 aliphatic heterocycles. The summed E-state index contributed by atoms with van der Waals surface area (Å²) in [7, 11) is 0. The van der Waals surface area contributed by atoms with Crippen LogP contribution < -0.4 is 11.5 Å². The number of nitrogens with two attached hydrogens (primary N) is 2. The average molecular weight is 299 g/mol. The van der Waals surface area contributed by atoms with Crippen molar-refractivity contribution < 1.29 is 9.21 Å². The van der Waals surface area contributed by atoms with Gasteiger partial charge in [-0.2, -0.15) is 0 Å². The Kier molecular flexibility index (Phi) is 4.14. The Hall–Kier alpha value is -1.49. The number of carbonyl (C=O) groups excluding carboxylic acids is 1. The molecule has 0 fully saturated rings. The summed E-state index contributed by atoms with van der Waals surface area (Å²) in [5.74, 6) is 0.575. The highest BCUT2D eigenvalue weighted by atomic mass is 35.5. The van der Waals surface area contributed by atoms with Gasteiger partial charge in [0.15, 0.2) is 0 Å². The van der Waals surface area contributed by atoms with Crippen LogP contribution in [0, 0.1) is 0 Å². The molecule has 0 aliphatic carbocycles. The Bertz CT molecular complexity index is 610. The van der Waals surface area contributed by atoms with Crippen LogP contribution in [-0.4, -0.2) is 5.91 Å². The van der Waals surface area contributed by atoms with E-state index in [1.807, 2.05) is 0 Å². The van der Waals surface area contributed by atoms with Crippen LogP contribution in [0.5, 0.6) is 0 Å². The highest BCUT2D eigenvalue weighted by Crippen LogP contribution is 2.32. The molecular weight excluding hydrogens is 287 g/mol. The first-order valence-electron chi connectivity index (χ1n) is 5.56. The van der Waals surface area contributed by atoms with Crippen molar-refractivity contribution in [3.8, 4) is 11.3 Å². The molecule has 2 aromatic rings. The van der Waals surface area contributed by atoms with Gasteiger partial charge in [-0.05, 0) is 30.3 Å². The molecule has 0 saturated heterocycles. The van der Waals surface area contributed by atoms with Crippen molar-refractivity contribution in [3.05, 3.63) is 46.1 Å². The lowest BCUT2D eigenvalue weighted by Gasteiger charge is -2.06. The molecule has 6 heteroatoms. The second-order valence-corrected chi connectivity index (χ2v) is 4.95. The first-order chi connectivity index (χ1) is 8.97. The number of carbonyl (C=O) groups is 1. The van der Waals surface area contributed by atoms with Gasteiger partial charge in [-0.25, -0.2) is 0 Å². The number of halogens is 2. The summed E-state index contributed by atoms with van der Waals surface area (Å²) in [6.45, 7) is 0. The molecule has 19 heavy (non-hydrogen) atoms. The molecule has 0 aliphatic rings. The standard InChI is InChI=1S/C13H12Cl2N2O2/c14-7-1-2-8(9(15)5-7)11-3-4-12(19-11)10(16)6-13(17)18/h1-5,10H,6,16H2,(H2,17,18)/t10-/m0/s1. The maximum atomic E-state index is 10.8. The van der Waals surface area contributed by atoms with Crippen molar-refractivity contribution >= 4 is 29.1 Å². The molecule has 4 nitrogen and oxygen atoms in total. The predicted octanol–water partition coefficient (Wildman–Crippen LogP) is 3.13. The summed E-state index contributed by atoms with van der Waals surface area (Å²) < 4.78 is 5.59. The molecule has 100 valence electrons. The Labute approximate surface area is 120 Å². The molecule has 0 spiro atoms. The van der Waals surface area contributed by atoms with Gasteiger partial charge >= 0.3 is 0 Å². The number of furan rings is 1. The number of hydrogen-bond donors (Lipinski definition) is 2. The first-order valence-corrected chi connectivity index (χ1v) is 6.32. The molecule has 1 heterocycles. The quantitative estimate of drug-likeness (QED) is 0.910. The van der Waals surface area contributed by atoms with E-state index in [1.54, 1.807) is 30.3 Å². The second kappa shape index (κ2) is 5.65. The summed E-state index contributed by atoms with van der Waals surface area (Å²) in [5.41, 5.74) is 11.6. The second-order valence-electron chi connectivity index (χ2n) is 4.10. The van der Waals surface area contributed by atoms with Crippen LogP contribution in [0.1, 0.15) is 18.2 Å². The van der Waals surface area contributed by atoms with Crippen LogP contribution in [0.25, 0.3) is 11.3 Å². The smallest absolute Gasteiger partial charge is 0.219 e. The van der Waals surface area contributed by atoms with Gasteiger partial charge in [0.25, 0.3) is 0 Å². The van der Waals surface area contributed by atoms with Crippen LogP contribution in [-0.2, 0) is 4.79 Å². The zero-order valence-electron chi connectivity index (χ0n) is 9.90. The summed E-state index contributed by atoms with van der Waals surface area (Å²) in [5, 5.41) is 1.03. The Morgan fingerprint density at radius 3 is 2.63 bits per heavy atom. The molecule has 1 amide bonds. The Morgan fingerprint density at radius 2 is 2.00 bits per heavy atom. The maximum absolute atomic E-state index is 10.8. The fraction of sp³-hybridized carbons (Fsp3) is 0.154. The van der Waals surface area contributed by atoms with Gasteiger partial charge in [-0.15, -0.1) is 0 Å². The highest BCUT2D eigenvalue weighted by molar-refractivity contribution is 6.36. The topological polar surface area (TPSA) is 82.2 Å². The van der Waals surface area contributed by atoms with Crippen molar-refractivity contribution in [2.45, 2.75) is 12.5 Å². The van der Waals surface area contributed by atoms with Crippen LogP contribution in [0.4, 0.5) is 0 Å². The maximum Gasteiger partial charge on any atom is 0.219 e. The van der Waals surface area contributed by atoms with E-state index in [-0.39, 0.29) is 6.42 Å². The summed E-state index contributed by atoms with van der Waals surface area (Å²) in [6.07, 6.45) is 0.0291. The van der Waals surface area contributed by atoms with Gasteiger partial charge in [0, 0.05) is 17.0 Å². The van der Waals surface area contributed by atoms with E-state index in [0.29, 0.717) is 27.1 Å². The minimum absolute atomic E-state index is 0.0291. The van der Waals surface area contributed by atoms with E-state index in [9.17, 15) is 4.79 Å². The Balaban J connectivity index is 2.28. The summed E-state index contributed by atoms with van der Waals surface area (Å²) >= 11 is 11.9. The first kappa shape index (κ1) is 13.9. The molecular formula is C13H12Cl2N2O2. The lowest BCUT2D eigenvalue weighted by molar-refractivity contribution is -0.118. The zero-order valence-corrected chi connectivity index (χ0v) is 11.4. The van der Waals surface area contributed by atoms with E-state index < -0.39 is 11.9 Å². The van der Waals surface area contributed by atoms with Crippen molar-refractivity contribution in [1.82, 2.24) is 0 Å². The number of hydrogen-bond acceptors (Lipinski definition) is 3. The normalized spacial score (nSPS) is 12.4. The van der Waals surface area contributed by atoms with Gasteiger partial charge in [-0.1, -0.05) is 23.2 Å². The summed E-state index contributed by atoms with van der Waals surface area (Å²) in [4.78, 5) is 10.8. The molecule has 2 rings (SSSR count). The molecule has 0 bridgehead atoms. The van der Waals surface area contributed by atoms with E-state index in [4.69, 9.17) is 39.1 Å². The van der Waals surface area contributed by atoms with Crippen LogP contribution >= 0.6 is 23.2 Å². The van der Waals surface area contributed by atoms with E-state index in [1.165, 1.54) is 0 Å². The van der Waals surface area contributed by atoms with Gasteiger partial charge in [-0.3, -0.25) is 4.79 Å². The molecule has 1 aromatic heterocycles. The average Bonchev–Trinajstić information content (AvgIpc) is 2.77. The molecule has 1 aromatic carbocycles. The van der Waals surface area contributed by atoms with Crippen LogP contribution in [0.2, 0.25) is 10.0 Å². The van der Waals surface area contributed by atoms with E-state index >= 15 is 0 Å². The third-order valence-electron chi connectivity index (χ3n) is 2.61. The van der Waals surface area contributed by atoms with E-state index in [0.717, 1.165) is 0 Å². The van der Waals surface area contributed by atoms with E-state index in [2.05, 4.69) is 0 Å². The number of amides is 1. The van der Waals surface area contributed by atoms with Crippen molar-refractivity contribution in [2.24, 2.45) is 11.5 Å². The van der Waals surface area contributed by atoms with Crippen molar-refractivity contribution in [3.63, 3.8) is 0 Å². The van der Waals surface area contributed by atoms with Gasteiger partial charge in [0.2, 0.25) is 5.91 Å². The predicted molar refractivity (Wildman–Crippen MR) is 74.9 cm³/mol. The van der Waals surface area contributed by atoms with Gasteiger partial charge in [0.05, 0.1) is 11.1 Å². The molecule has 1 atom stereocenters. The number of rotatable bonds is 4. The number of primary amides is 1. The van der Waals surface area contributed by atoms with Crippen LogP contribution in [0.3, 0.4) is 0 Å². The van der Waals surface area contributed by atoms with Crippen molar-refractivity contribution in [2.75, 3.05) is 0 Å². The van der Waals surface area contributed by atoms with Gasteiger partial charge < -0.3 is 15.9 Å². The van der Waals surface area contributed by atoms with Crippen LogP contribution in [0.15, 0.2) is 34.7 Å². The highest BCUT2D eigenvalue weighted by Gasteiger charge is 2.15. The minimum Gasteiger partial charge on any atom is -0.459 e. The van der Waals surface area contributed by atoms with Crippen molar-refractivity contribution in [1.29, 1.82) is 0 Å². The summed E-state index contributed by atoms with van der Waals surface area (Å²) in [6, 6.07) is 7.99. The lowest BCUT2D eigenvalue weighted by atomic mass is 10.1. The number of benzene rings is 1. The molecule has 4 N–H and O–H groups in total. The molecule has 0 radical (unpaired) electrons. The fourth-order valence-corrected chi connectivity index (χ4v) is 2.21. The third-order valence-corrected chi connectivity index (χ3v) is 3.16. The minimum atomic E-state index is -0.558.